The second kappa shape index (κ2) is 6.00. The third-order valence-corrected chi connectivity index (χ3v) is 3.74. The van der Waals surface area contributed by atoms with E-state index in [0.29, 0.717) is 12.0 Å². The molecule has 1 N–H and O–H groups in total. The number of nitrogens with one attached hydrogen (secondary N) is 1. The number of aryl methyl sites for hydroxylation is 1. The molecule has 4 nitrogen and oxygen atoms in total. The third-order valence-electron chi connectivity index (χ3n) is 2.88. The first-order valence-electron chi connectivity index (χ1n) is 5.88. The number of ether oxygens (including phenoxy) is 1. The van der Waals surface area contributed by atoms with Gasteiger partial charge >= 0.3 is 5.97 Å². The molecule has 1 aromatic heterocycles. The van der Waals surface area contributed by atoms with E-state index in [1.807, 2.05) is 19.2 Å². The Bertz CT molecular complexity index is 441. The van der Waals surface area contributed by atoms with Gasteiger partial charge in [-0.3, -0.25) is 4.79 Å². The molecule has 1 aromatic rings. The van der Waals surface area contributed by atoms with Crippen LogP contribution in [0.3, 0.4) is 0 Å². The molecule has 5 heteroatoms. The van der Waals surface area contributed by atoms with Gasteiger partial charge in [-0.25, -0.2) is 4.79 Å². The molecule has 1 amide bonds. The van der Waals surface area contributed by atoms with E-state index in [2.05, 4.69) is 5.32 Å². The summed E-state index contributed by atoms with van der Waals surface area (Å²) in [6.45, 7) is 5.53. The minimum absolute atomic E-state index is 0.227. The maximum Gasteiger partial charge on any atom is 0.331 e. The van der Waals surface area contributed by atoms with Crippen molar-refractivity contribution in [1.82, 2.24) is 5.32 Å². The third kappa shape index (κ3) is 3.10. The van der Waals surface area contributed by atoms with E-state index in [0.717, 1.165) is 12.0 Å². The number of carbonyl (C=O) groups excluding carboxylic acids is 2. The van der Waals surface area contributed by atoms with Gasteiger partial charge in [0.25, 0.3) is 5.91 Å². The molecule has 0 saturated carbocycles. The molecule has 0 aliphatic heterocycles. The molecule has 0 radical (unpaired) electrons. The van der Waals surface area contributed by atoms with Crippen LogP contribution in [0.4, 0.5) is 0 Å². The van der Waals surface area contributed by atoms with Crippen molar-refractivity contribution in [2.45, 2.75) is 39.2 Å². The van der Waals surface area contributed by atoms with Crippen molar-refractivity contribution in [2.24, 2.45) is 0 Å². The molecule has 18 heavy (non-hydrogen) atoms. The summed E-state index contributed by atoms with van der Waals surface area (Å²) < 4.78 is 4.77. The lowest BCUT2D eigenvalue weighted by Crippen LogP contribution is -2.52. The van der Waals surface area contributed by atoms with E-state index in [9.17, 15) is 9.59 Å². The van der Waals surface area contributed by atoms with Crippen molar-refractivity contribution in [3.8, 4) is 0 Å². The van der Waals surface area contributed by atoms with Crippen molar-refractivity contribution < 1.29 is 14.3 Å². The number of thiophene rings is 1. The van der Waals surface area contributed by atoms with Crippen molar-refractivity contribution >= 4 is 23.2 Å². The average Bonchev–Trinajstić information content (AvgIpc) is 2.74. The molecule has 0 aromatic carbocycles. The van der Waals surface area contributed by atoms with Gasteiger partial charge in [0, 0.05) is 5.38 Å². The SMILES string of the molecule is CCCC(C)(NC(=O)c1cscc1C)C(=O)OC. The zero-order valence-corrected chi connectivity index (χ0v) is 12.0. The van der Waals surface area contributed by atoms with Gasteiger partial charge in [-0.1, -0.05) is 13.3 Å². The highest BCUT2D eigenvalue weighted by molar-refractivity contribution is 7.08. The van der Waals surface area contributed by atoms with Crippen LogP contribution in [0, 0.1) is 6.92 Å². The fourth-order valence-electron chi connectivity index (χ4n) is 1.85. The molecule has 0 aliphatic carbocycles. The lowest BCUT2D eigenvalue weighted by atomic mass is 9.95. The largest absolute Gasteiger partial charge is 0.467 e. The number of amides is 1. The van der Waals surface area contributed by atoms with Crippen LogP contribution in [0.5, 0.6) is 0 Å². The summed E-state index contributed by atoms with van der Waals surface area (Å²) in [6, 6.07) is 0. The number of esters is 1. The summed E-state index contributed by atoms with van der Waals surface area (Å²) in [5.74, 6) is -0.638. The lowest BCUT2D eigenvalue weighted by molar-refractivity contribution is -0.147. The summed E-state index contributed by atoms with van der Waals surface area (Å²) in [7, 11) is 1.33. The lowest BCUT2D eigenvalue weighted by Gasteiger charge is -2.27. The minimum Gasteiger partial charge on any atom is -0.467 e. The van der Waals surface area contributed by atoms with Crippen molar-refractivity contribution in [2.75, 3.05) is 7.11 Å². The van der Waals surface area contributed by atoms with Crippen LogP contribution in [0.25, 0.3) is 0 Å². The van der Waals surface area contributed by atoms with Crippen LogP contribution in [0.2, 0.25) is 0 Å². The summed E-state index contributed by atoms with van der Waals surface area (Å²) in [6.07, 6.45) is 1.34. The number of hydrogen-bond donors (Lipinski definition) is 1. The fourth-order valence-corrected chi connectivity index (χ4v) is 2.68. The van der Waals surface area contributed by atoms with E-state index >= 15 is 0 Å². The molecular formula is C13H19NO3S. The maximum atomic E-state index is 12.1. The van der Waals surface area contributed by atoms with Crippen LogP contribution < -0.4 is 5.32 Å². The first-order valence-corrected chi connectivity index (χ1v) is 6.82. The topological polar surface area (TPSA) is 55.4 Å². The second-order valence-corrected chi connectivity index (χ2v) is 5.24. The molecule has 1 rings (SSSR count). The van der Waals surface area contributed by atoms with Crippen molar-refractivity contribution in [3.63, 3.8) is 0 Å². The first kappa shape index (κ1) is 14.7. The Balaban J connectivity index is 2.88. The first-order chi connectivity index (χ1) is 8.44. The molecule has 1 atom stereocenters. The van der Waals surface area contributed by atoms with Gasteiger partial charge in [0.15, 0.2) is 0 Å². The van der Waals surface area contributed by atoms with E-state index < -0.39 is 11.5 Å². The van der Waals surface area contributed by atoms with Gasteiger partial charge in [-0.15, -0.1) is 0 Å². The van der Waals surface area contributed by atoms with Crippen molar-refractivity contribution in [1.29, 1.82) is 0 Å². The normalized spacial score (nSPS) is 13.8. The van der Waals surface area contributed by atoms with Crippen LogP contribution in [0.1, 0.15) is 42.6 Å². The van der Waals surface area contributed by atoms with E-state index in [1.165, 1.54) is 18.4 Å². The van der Waals surface area contributed by atoms with Crippen LogP contribution >= 0.6 is 11.3 Å². The zero-order chi connectivity index (χ0) is 13.8. The molecule has 100 valence electrons. The molecule has 0 aliphatic rings. The number of carbonyl (C=O) groups is 2. The number of methoxy groups -OCH3 is 1. The maximum absolute atomic E-state index is 12.1. The molecule has 1 unspecified atom stereocenters. The van der Waals surface area contributed by atoms with E-state index in [4.69, 9.17) is 4.74 Å². The Labute approximate surface area is 111 Å². The van der Waals surface area contributed by atoms with Gasteiger partial charge in [0.05, 0.1) is 12.7 Å². The van der Waals surface area contributed by atoms with E-state index in [-0.39, 0.29) is 5.91 Å². The van der Waals surface area contributed by atoms with E-state index in [1.54, 1.807) is 12.3 Å². The predicted octanol–water partition coefficient (Wildman–Crippen LogP) is 2.52. The number of hydrogen-bond acceptors (Lipinski definition) is 4. The van der Waals surface area contributed by atoms with Crippen molar-refractivity contribution in [3.05, 3.63) is 21.9 Å². The molecule has 0 bridgehead atoms. The summed E-state index contributed by atoms with van der Waals surface area (Å²) in [5.41, 5.74) is 0.571. The van der Waals surface area contributed by atoms with Gasteiger partial charge in [0.1, 0.15) is 5.54 Å². The Morgan fingerprint density at radius 3 is 2.56 bits per heavy atom. The predicted molar refractivity (Wildman–Crippen MR) is 71.9 cm³/mol. The summed E-state index contributed by atoms with van der Waals surface area (Å²) in [4.78, 5) is 23.9. The minimum atomic E-state index is -0.963. The van der Waals surface area contributed by atoms with Crippen LogP contribution in [-0.2, 0) is 9.53 Å². The Hall–Kier alpha value is -1.36. The Morgan fingerprint density at radius 2 is 2.11 bits per heavy atom. The second-order valence-electron chi connectivity index (χ2n) is 4.50. The van der Waals surface area contributed by atoms with Gasteiger partial charge in [-0.05, 0) is 31.2 Å². The monoisotopic (exact) mass is 269 g/mol. The molecule has 1 heterocycles. The van der Waals surface area contributed by atoms with Crippen LogP contribution in [-0.4, -0.2) is 24.5 Å². The highest BCUT2D eigenvalue weighted by Gasteiger charge is 2.35. The molecule has 0 fully saturated rings. The Morgan fingerprint density at radius 1 is 1.44 bits per heavy atom. The van der Waals surface area contributed by atoms with Gasteiger partial charge in [-0.2, -0.15) is 11.3 Å². The molecule has 0 spiro atoms. The fraction of sp³-hybridized carbons (Fsp3) is 0.538. The Kier molecular flexibility index (Phi) is 4.90. The highest BCUT2D eigenvalue weighted by Crippen LogP contribution is 2.18. The number of rotatable bonds is 5. The highest BCUT2D eigenvalue weighted by atomic mass is 32.1. The van der Waals surface area contributed by atoms with Gasteiger partial charge < -0.3 is 10.1 Å². The average molecular weight is 269 g/mol. The quantitative estimate of drug-likeness (QED) is 0.836. The summed E-state index contributed by atoms with van der Waals surface area (Å²) >= 11 is 1.47. The van der Waals surface area contributed by atoms with Crippen LogP contribution in [0.15, 0.2) is 10.8 Å². The standard InChI is InChI=1S/C13H19NO3S/c1-5-6-13(3,12(16)17-4)14-11(15)10-8-18-7-9(10)2/h7-8H,5-6H2,1-4H3,(H,14,15). The summed E-state index contributed by atoms with van der Waals surface area (Å²) in [5, 5.41) is 6.47. The smallest absolute Gasteiger partial charge is 0.331 e. The van der Waals surface area contributed by atoms with Gasteiger partial charge in [0.2, 0.25) is 0 Å². The molecule has 0 saturated heterocycles. The molecular weight excluding hydrogens is 250 g/mol. The zero-order valence-electron chi connectivity index (χ0n) is 11.2.